The number of nitrogens with one attached hydrogen (secondary N) is 1. The topological polar surface area (TPSA) is 12.0 Å². The molecule has 1 nitrogen and oxygen atoms in total. The first-order chi connectivity index (χ1) is 7.62. The van der Waals surface area contributed by atoms with Crippen LogP contribution in [0.1, 0.15) is 57.2 Å². The molecule has 88 valence electrons. The Kier molecular flexibility index (Phi) is 3.34. The Morgan fingerprint density at radius 3 is 2.81 bits per heavy atom. The second kappa shape index (κ2) is 4.58. The Bertz CT molecular complexity index is 354. The predicted molar refractivity (Wildman–Crippen MR) is 69.6 cm³/mol. The van der Waals surface area contributed by atoms with Gasteiger partial charge in [0, 0.05) is 11.6 Å². The van der Waals surface area contributed by atoms with Gasteiger partial charge in [0.25, 0.3) is 0 Å². The van der Waals surface area contributed by atoms with E-state index >= 15 is 0 Å². The second-order valence-electron chi connectivity index (χ2n) is 5.53. The number of rotatable bonds is 3. The molecule has 1 unspecified atom stereocenters. The van der Waals surface area contributed by atoms with Crippen LogP contribution in [-0.2, 0) is 6.42 Å². The molecule has 1 atom stereocenters. The van der Waals surface area contributed by atoms with Gasteiger partial charge in [0.1, 0.15) is 0 Å². The lowest BCUT2D eigenvalue weighted by Gasteiger charge is -2.34. The molecular weight excluding hydrogens is 194 g/mol. The lowest BCUT2D eigenvalue weighted by Crippen LogP contribution is -2.42. The minimum absolute atomic E-state index is 0.245. The molecular formula is C15H23N. The quantitative estimate of drug-likeness (QED) is 0.811. The number of hydrogen-bond donors (Lipinski definition) is 1. The van der Waals surface area contributed by atoms with Gasteiger partial charge in [-0.2, -0.15) is 0 Å². The average molecular weight is 217 g/mol. The third-order valence-electron chi connectivity index (χ3n) is 3.82. The molecule has 1 N–H and O–H groups in total. The van der Waals surface area contributed by atoms with Crippen LogP contribution in [0, 0.1) is 0 Å². The summed E-state index contributed by atoms with van der Waals surface area (Å²) in [5.41, 5.74) is 3.31. The van der Waals surface area contributed by atoms with Crippen molar-refractivity contribution in [2.24, 2.45) is 0 Å². The van der Waals surface area contributed by atoms with Crippen LogP contribution in [0.5, 0.6) is 0 Å². The zero-order valence-corrected chi connectivity index (χ0v) is 10.7. The van der Waals surface area contributed by atoms with Crippen molar-refractivity contribution in [1.82, 2.24) is 5.32 Å². The van der Waals surface area contributed by atoms with E-state index in [1.165, 1.54) is 36.8 Å². The Morgan fingerprint density at radius 2 is 2.06 bits per heavy atom. The van der Waals surface area contributed by atoms with Crippen molar-refractivity contribution >= 4 is 0 Å². The lowest BCUT2D eigenvalue weighted by molar-refractivity contribution is 0.305. The van der Waals surface area contributed by atoms with Crippen molar-refractivity contribution in [3.8, 4) is 0 Å². The fourth-order valence-corrected chi connectivity index (χ4v) is 2.48. The van der Waals surface area contributed by atoms with Gasteiger partial charge in [-0.3, -0.25) is 0 Å². The SMILES string of the molecule is CCC(C)(C)NC1CCCc2ccccc21. The van der Waals surface area contributed by atoms with E-state index in [9.17, 15) is 0 Å². The smallest absolute Gasteiger partial charge is 0.0327 e. The van der Waals surface area contributed by atoms with Crippen LogP contribution in [0.2, 0.25) is 0 Å². The Hall–Kier alpha value is -0.820. The monoisotopic (exact) mass is 217 g/mol. The fourth-order valence-electron chi connectivity index (χ4n) is 2.48. The highest BCUT2D eigenvalue weighted by atomic mass is 15.0. The molecule has 1 aromatic rings. The van der Waals surface area contributed by atoms with Gasteiger partial charge in [0.2, 0.25) is 0 Å². The van der Waals surface area contributed by atoms with Crippen LogP contribution in [-0.4, -0.2) is 5.54 Å². The van der Waals surface area contributed by atoms with Gasteiger partial charge in [0.15, 0.2) is 0 Å². The molecule has 0 aromatic heterocycles. The summed E-state index contributed by atoms with van der Waals surface area (Å²) in [4.78, 5) is 0. The molecule has 0 aliphatic heterocycles. The molecule has 16 heavy (non-hydrogen) atoms. The summed E-state index contributed by atoms with van der Waals surface area (Å²) >= 11 is 0. The molecule has 0 amide bonds. The van der Waals surface area contributed by atoms with Gasteiger partial charge in [-0.05, 0) is 50.7 Å². The molecule has 2 rings (SSSR count). The fraction of sp³-hybridized carbons (Fsp3) is 0.600. The molecule has 0 heterocycles. The van der Waals surface area contributed by atoms with E-state index in [0.29, 0.717) is 6.04 Å². The second-order valence-corrected chi connectivity index (χ2v) is 5.53. The van der Waals surface area contributed by atoms with E-state index < -0.39 is 0 Å². The van der Waals surface area contributed by atoms with Crippen LogP contribution < -0.4 is 5.32 Å². The summed E-state index contributed by atoms with van der Waals surface area (Å²) < 4.78 is 0. The first-order valence-corrected chi connectivity index (χ1v) is 6.48. The third-order valence-corrected chi connectivity index (χ3v) is 3.82. The van der Waals surface area contributed by atoms with E-state index in [1.54, 1.807) is 0 Å². The molecule has 0 saturated heterocycles. The van der Waals surface area contributed by atoms with E-state index in [-0.39, 0.29) is 5.54 Å². The summed E-state index contributed by atoms with van der Waals surface area (Å²) in [6.07, 6.45) is 5.02. The molecule has 0 radical (unpaired) electrons. The van der Waals surface area contributed by atoms with E-state index in [0.717, 1.165) is 0 Å². The van der Waals surface area contributed by atoms with E-state index in [2.05, 4.69) is 50.4 Å². The van der Waals surface area contributed by atoms with Gasteiger partial charge in [-0.25, -0.2) is 0 Å². The standard InChI is InChI=1S/C15H23N/c1-4-15(2,3)16-14-11-7-9-12-8-5-6-10-13(12)14/h5-6,8,10,14,16H,4,7,9,11H2,1-3H3. The minimum atomic E-state index is 0.245. The van der Waals surface area contributed by atoms with Crippen LogP contribution in [0.25, 0.3) is 0 Å². The maximum Gasteiger partial charge on any atom is 0.0327 e. The molecule has 1 heteroatoms. The number of hydrogen-bond acceptors (Lipinski definition) is 1. The van der Waals surface area contributed by atoms with Crippen molar-refractivity contribution < 1.29 is 0 Å². The summed E-state index contributed by atoms with van der Waals surface area (Å²) in [7, 11) is 0. The molecule has 0 bridgehead atoms. The zero-order valence-electron chi connectivity index (χ0n) is 10.7. The van der Waals surface area contributed by atoms with Crippen molar-refractivity contribution in [2.45, 2.75) is 58.0 Å². The van der Waals surface area contributed by atoms with Gasteiger partial charge in [0.05, 0.1) is 0 Å². The molecule has 0 spiro atoms. The van der Waals surface area contributed by atoms with Gasteiger partial charge >= 0.3 is 0 Å². The zero-order chi connectivity index (χ0) is 11.6. The summed E-state index contributed by atoms with van der Waals surface area (Å²) in [5.74, 6) is 0. The molecule has 0 saturated carbocycles. The summed E-state index contributed by atoms with van der Waals surface area (Å²) in [5, 5.41) is 3.80. The van der Waals surface area contributed by atoms with Crippen LogP contribution >= 0.6 is 0 Å². The lowest BCUT2D eigenvalue weighted by atomic mass is 9.86. The summed E-state index contributed by atoms with van der Waals surface area (Å²) in [6, 6.07) is 9.45. The van der Waals surface area contributed by atoms with Crippen LogP contribution in [0.15, 0.2) is 24.3 Å². The molecule has 1 aliphatic rings. The van der Waals surface area contributed by atoms with E-state index in [1.807, 2.05) is 0 Å². The Balaban J connectivity index is 2.19. The highest BCUT2D eigenvalue weighted by Crippen LogP contribution is 2.31. The van der Waals surface area contributed by atoms with Crippen LogP contribution in [0.3, 0.4) is 0 Å². The van der Waals surface area contributed by atoms with Gasteiger partial charge in [-0.1, -0.05) is 31.2 Å². The maximum atomic E-state index is 3.80. The number of fused-ring (bicyclic) bond motifs is 1. The highest BCUT2D eigenvalue weighted by Gasteiger charge is 2.25. The minimum Gasteiger partial charge on any atom is -0.305 e. The van der Waals surface area contributed by atoms with Crippen molar-refractivity contribution in [1.29, 1.82) is 0 Å². The number of benzene rings is 1. The van der Waals surface area contributed by atoms with Crippen molar-refractivity contribution in [3.63, 3.8) is 0 Å². The van der Waals surface area contributed by atoms with Gasteiger partial charge in [-0.15, -0.1) is 0 Å². The third kappa shape index (κ3) is 2.46. The predicted octanol–water partition coefficient (Wildman–Crippen LogP) is 3.84. The average Bonchev–Trinajstić information content (AvgIpc) is 2.29. The maximum absolute atomic E-state index is 3.80. The van der Waals surface area contributed by atoms with Crippen molar-refractivity contribution in [3.05, 3.63) is 35.4 Å². The molecule has 1 aliphatic carbocycles. The largest absolute Gasteiger partial charge is 0.305 e. The summed E-state index contributed by atoms with van der Waals surface area (Å²) in [6.45, 7) is 6.84. The Labute approximate surface area is 99.3 Å². The highest BCUT2D eigenvalue weighted by molar-refractivity contribution is 5.32. The number of aryl methyl sites for hydroxylation is 1. The molecule has 0 fully saturated rings. The first-order valence-electron chi connectivity index (χ1n) is 6.48. The van der Waals surface area contributed by atoms with Crippen molar-refractivity contribution in [2.75, 3.05) is 0 Å². The first kappa shape index (κ1) is 11.7. The normalized spacial score (nSPS) is 20.6. The molecule has 1 aromatic carbocycles. The van der Waals surface area contributed by atoms with Gasteiger partial charge < -0.3 is 5.32 Å². The Morgan fingerprint density at radius 1 is 1.31 bits per heavy atom. The van der Waals surface area contributed by atoms with Crippen LogP contribution in [0.4, 0.5) is 0 Å². The van der Waals surface area contributed by atoms with E-state index in [4.69, 9.17) is 0 Å².